The Kier molecular flexibility index (Phi) is 2.23. The zero-order valence-electron chi connectivity index (χ0n) is 6.20. The van der Waals surface area contributed by atoms with Gasteiger partial charge in [-0.15, -0.1) is 0 Å². The molecule has 1 heterocycles. The molecule has 0 bridgehead atoms. The number of hydrazine groups is 1. The highest BCUT2D eigenvalue weighted by Crippen LogP contribution is 2.01. The van der Waals surface area contributed by atoms with Gasteiger partial charge in [-0.25, -0.2) is 5.01 Å². The predicted octanol–water partition coefficient (Wildman–Crippen LogP) is 0.970. The zero-order chi connectivity index (χ0) is 7.40. The molecule has 3 nitrogen and oxygen atoms in total. The molecular weight excluding hydrogens is 126 g/mol. The third-order valence-corrected chi connectivity index (χ3v) is 1.01. The van der Waals surface area contributed by atoms with Crippen molar-refractivity contribution in [1.82, 2.24) is 9.99 Å². The van der Waals surface area contributed by atoms with Crippen LogP contribution < -0.4 is 5.43 Å². The third-order valence-electron chi connectivity index (χ3n) is 1.01. The van der Waals surface area contributed by atoms with E-state index in [4.69, 9.17) is 0 Å². The van der Waals surface area contributed by atoms with E-state index in [-0.39, 0.29) is 0 Å². The molecule has 0 amide bonds. The van der Waals surface area contributed by atoms with E-state index >= 15 is 0 Å². The van der Waals surface area contributed by atoms with Crippen molar-refractivity contribution in [3.8, 4) is 0 Å². The molecule has 54 valence electrons. The highest BCUT2D eigenvalue weighted by atomic mass is 15.5. The molecule has 0 aliphatic heterocycles. The van der Waals surface area contributed by atoms with Crippen molar-refractivity contribution in [2.75, 3.05) is 19.5 Å². The van der Waals surface area contributed by atoms with Gasteiger partial charge in [0.15, 0.2) is 0 Å². The minimum atomic E-state index is 1.01. The number of rotatable bonds is 2. The van der Waals surface area contributed by atoms with Crippen LogP contribution in [0, 0.1) is 0 Å². The molecule has 1 N–H and O–H groups in total. The van der Waals surface area contributed by atoms with Crippen molar-refractivity contribution >= 4 is 5.69 Å². The molecule has 0 unspecified atom stereocenters. The molecule has 1 rings (SSSR count). The van der Waals surface area contributed by atoms with E-state index in [1.165, 1.54) is 0 Å². The lowest BCUT2D eigenvalue weighted by molar-refractivity contribution is 0.495. The second kappa shape index (κ2) is 3.17. The summed E-state index contributed by atoms with van der Waals surface area (Å²) in [7, 11) is 3.88. The van der Waals surface area contributed by atoms with E-state index < -0.39 is 0 Å². The van der Waals surface area contributed by atoms with Gasteiger partial charge in [0.1, 0.15) is 0 Å². The first-order valence-electron chi connectivity index (χ1n) is 3.13. The normalized spacial score (nSPS) is 9.90. The lowest BCUT2D eigenvalue weighted by Gasteiger charge is -2.11. The van der Waals surface area contributed by atoms with Crippen LogP contribution in [0.2, 0.25) is 0 Å². The number of hydrogen-bond donors (Lipinski definition) is 1. The minimum absolute atomic E-state index is 1.01. The van der Waals surface area contributed by atoms with Crippen molar-refractivity contribution in [1.29, 1.82) is 0 Å². The molecule has 1 aromatic rings. The van der Waals surface area contributed by atoms with Gasteiger partial charge in [0.2, 0.25) is 0 Å². The van der Waals surface area contributed by atoms with Crippen LogP contribution in [0.1, 0.15) is 0 Å². The minimum Gasteiger partial charge on any atom is -0.318 e. The highest BCUT2D eigenvalue weighted by molar-refractivity contribution is 5.38. The molecule has 0 saturated heterocycles. The maximum atomic E-state index is 3.95. The molecule has 0 saturated carbocycles. The predicted molar refractivity (Wildman–Crippen MR) is 41.5 cm³/mol. The van der Waals surface area contributed by atoms with E-state index in [0.29, 0.717) is 0 Å². The summed E-state index contributed by atoms with van der Waals surface area (Å²) >= 11 is 0. The summed E-state index contributed by atoms with van der Waals surface area (Å²) in [6.45, 7) is 0. The fourth-order valence-corrected chi connectivity index (χ4v) is 0.687. The Labute approximate surface area is 60.7 Å². The molecule has 0 spiro atoms. The van der Waals surface area contributed by atoms with Crippen LogP contribution in [-0.2, 0) is 0 Å². The van der Waals surface area contributed by atoms with Crippen LogP contribution in [0.3, 0.4) is 0 Å². The second-order valence-corrected chi connectivity index (χ2v) is 2.25. The fraction of sp³-hybridized carbons (Fsp3) is 0.286. The number of anilines is 1. The van der Waals surface area contributed by atoms with Crippen LogP contribution in [0.25, 0.3) is 0 Å². The number of hydrogen-bond acceptors (Lipinski definition) is 3. The van der Waals surface area contributed by atoms with Crippen LogP contribution >= 0.6 is 0 Å². The second-order valence-electron chi connectivity index (χ2n) is 2.25. The first kappa shape index (κ1) is 7.02. The lowest BCUT2D eigenvalue weighted by Crippen LogP contribution is -2.19. The smallest absolute Gasteiger partial charge is 0.0673 e. The van der Waals surface area contributed by atoms with E-state index in [9.17, 15) is 0 Å². The molecule has 0 atom stereocenters. The largest absolute Gasteiger partial charge is 0.318 e. The maximum absolute atomic E-state index is 3.95. The zero-order valence-corrected chi connectivity index (χ0v) is 6.20. The Morgan fingerprint density at radius 3 is 2.80 bits per heavy atom. The molecule has 0 aliphatic carbocycles. The average Bonchev–Trinajstić information content (AvgIpc) is 1.88. The Hall–Kier alpha value is -1.09. The Morgan fingerprint density at radius 2 is 2.30 bits per heavy atom. The van der Waals surface area contributed by atoms with Gasteiger partial charge in [-0.3, -0.25) is 4.98 Å². The molecule has 10 heavy (non-hydrogen) atoms. The van der Waals surface area contributed by atoms with Crippen LogP contribution in [0.15, 0.2) is 24.5 Å². The van der Waals surface area contributed by atoms with Gasteiger partial charge in [-0.05, 0) is 12.1 Å². The molecule has 3 heteroatoms. The summed E-state index contributed by atoms with van der Waals surface area (Å²) in [5, 5.41) is 1.87. The summed E-state index contributed by atoms with van der Waals surface area (Å²) in [6.07, 6.45) is 3.53. The van der Waals surface area contributed by atoms with Gasteiger partial charge < -0.3 is 5.43 Å². The molecular formula is C7H11N3. The van der Waals surface area contributed by atoms with Gasteiger partial charge >= 0.3 is 0 Å². The fourth-order valence-electron chi connectivity index (χ4n) is 0.687. The van der Waals surface area contributed by atoms with E-state index in [1.54, 1.807) is 12.4 Å². The molecule has 0 fully saturated rings. The number of nitrogens with one attached hydrogen (secondary N) is 1. The summed E-state index contributed by atoms with van der Waals surface area (Å²) in [6, 6.07) is 3.86. The summed E-state index contributed by atoms with van der Waals surface area (Å²) < 4.78 is 0. The monoisotopic (exact) mass is 137 g/mol. The number of pyridine rings is 1. The van der Waals surface area contributed by atoms with Gasteiger partial charge in [0.25, 0.3) is 0 Å². The standard InChI is InChI=1S/C7H11N3/c1-10(2)9-7-4-3-5-8-6-7/h3-6,9H,1-2H3. The van der Waals surface area contributed by atoms with Crippen molar-refractivity contribution < 1.29 is 0 Å². The lowest BCUT2D eigenvalue weighted by atomic mass is 10.4. The van der Waals surface area contributed by atoms with Gasteiger partial charge in [0, 0.05) is 20.3 Å². The van der Waals surface area contributed by atoms with Crippen LogP contribution in [0.4, 0.5) is 5.69 Å². The molecule has 0 aliphatic rings. The number of nitrogens with zero attached hydrogens (tertiary/aromatic N) is 2. The Balaban J connectivity index is 2.59. The summed E-state index contributed by atoms with van der Waals surface area (Å²) in [5.41, 5.74) is 4.08. The van der Waals surface area contributed by atoms with Gasteiger partial charge in [-0.2, -0.15) is 0 Å². The first-order chi connectivity index (χ1) is 4.79. The van der Waals surface area contributed by atoms with Crippen LogP contribution in [-0.4, -0.2) is 24.1 Å². The van der Waals surface area contributed by atoms with E-state index in [0.717, 1.165) is 5.69 Å². The highest BCUT2D eigenvalue weighted by Gasteiger charge is 1.88. The molecule has 0 aromatic carbocycles. The molecule has 0 radical (unpaired) electrons. The topological polar surface area (TPSA) is 28.2 Å². The van der Waals surface area contributed by atoms with Crippen molar-refractivity contribution in [3.63, 3.8) is 0 Å². The van der Waals surface area contributed by atoms with Crippen molar-refractivity contribution in [2.24, 2.45) is 0 Å². The quantitative estimate of drug-likeness (QED) is 0.615. The van der Waals surface area contributed by atoms with Crippen molar-refractivity contribution in [2.45, 2.75) is 0 Å². The summed E-state index contributed by atoms with van der Waals surface area (Å²) in [5.74, 6) is 0. The first-order valence-corrected chi connectivity index (χ1v) is 3.13. The van der Waals surface area contributed by atoms with Crippen LogP contribution in [0.5, 0.6) is 0 Å². The van der Waals surface area contributed by atoms with Gasteiger partial charge in [0.05, 0.1) is 11.9 Å². The molecule has 1 aromatic heterocycles. The summed E-state index contributed by atoms with van der Waals surface area (Å²) in [4.78, 5) is 3.95. The van der Waals surface area contributed by atoms with E-state index in [2.05, 4.69) is 10.4 Å². The SMILES string of the molecule is CN(C)Nc1cccnc1. The van der Waals surface area contributed by atoms with E-state index in [1.807, 2.05) is 31.2 Å². The third kappa shape index (κ3) is 2.03. The average molecular weight is 137 g/mol. The maximum Gasteiger partial charge on any atom is 0.0673 e. The Bertz CT molecular complexity index is 183. The van der Waals surface area contributed by atoms with Gasteiger partial charge in [-0.1, -0.05) is 0 Å². The Morgan fingerprint density at radius 1 is 1.50 bits per heavy atom. The van der Waals surface area contributed by atoms with Crippen molar-refractivity contribution in [3.05, 3.63) is 24.5 Å². The number of aromatic nitrogens is 1.